The maximum absolute atomic E-state index is 13.1. The Morgan fingerprint density at radius 1 is 1.03 bits per heavy atom. The van der Waals surface area contributed by atoms with E-state index in [1.54, 1.807) is 18.7 Å². The summed E-state index contributed by atoms with van der Waals surface area (Å²) in [5, 5.41) is 7.88. The van der Waals surface area contributed by atoms with Crippen molar-refractivity contribution in [2.75, 3.05) is 13.1 Å². The van der Waals surface area contributed by atoms with E-state index in [4.69, 9.17) is 0 Å². The maximum Gasteiger partial charge on any atom is 0.317 e. The van der Waals surface area contributed by atoms with Crippen molar-refractivity contribution in [1.29, 1.82) is 0 Å². The van der Waals surface area contributed by atoms with Crippen molar-refractivity contribution in [2.45, 2.75) is 52.1 Å². The van der Waals surface area contributed by atoms with E-state index in [-0.39, 0.29) is 18.4 Å². The fourth-order valence-corrected chi connectivity index (χ4v) is 4.34. The summed E-state index contributed by atoms with van der Waals surface area (Å²) in [7, 11) is 0. The minimum atomic E-state index is -1.12. The minimum Gasteiger partial charge on any atom is -0.346 e. The van der Waals surface area contributed by atoms with Crippen LogP contribution < -0.4 is 16.0 Å². The molecule has 178 valence electrons. The predicted octanol–water partition coefficient (Wildman–Crippen LogP) is 1.54. The first-order chi connectivity index (χ1) is 15.7. The smallest absolute Gasteiger partial charge is 0.317 e. The molecule has 5 amide bonds. The number of carbonyl (C=O) groups is 5. The van der Waals surface area contributed by atoms with Crippen molar-refractivity contribution >= 4 is 29.5 Å². The number of benzene rings is 1. The highest BCUT2D eigenvalue weighted by Gasteiger charge is 2.46. The molecule has 9 heteroatoms. The fraction of sp³-hybridized carbons (Fsp3) is 0.542. The van der Waals surface area contributed by atoms with E-state index in [0.717, 1.165) is 18.4 Å². The number of urea groups is 1. The number of nitrogens with one attached hydrogen (secondary N) is 3. The van der Waals surface area contributed by atoms with Crippen molar-refractivity contribution < 1.29 is 24.0 Å². The summed E-state index contributed by atoms with van der Waals surface area (Å²) in [6.45, 7) is 6.44. The second kappa shape index (κ2) is 10.6. The van der Waals surface area contributed by atoms with Gasteiger partial charge < -0.3 is 15.5 Å². The van der Waals surface area contributed by atoms with E-state index >= 15 is 0 Å². The first kappa shape index (κ1) is 24.4. The molecule has 9 nitrogen and oxygen atoms in total. The Kier molecular flexibility index (Phi) is 7.84. The van der Waals surface area contributed by atoms with Crippen LogP contribution in [0, 0.1) is 17.8 Å². The van der Waals surface area contributed by atoms with Crippen LogP contribution >= 0.6 is 0 Å². The predicted molar refractivity (Wildman–Crippen MR) is 121 cm³/mol. The van der Waals surface area contributed by atoms with Crippen molar-refractivity contribution in [2.24, 2.45) is 17.8 Å². The highest BCUT2D eigenvalue weighted by molar-refractivity contribution is 6.16. The van der Waals surface area contributed by atoms with Gasteiger partial charge in [0.1, 0.15) is 5.92 Å². The summed E-state index contributed by atoms with van der Waals surface area (Å²) in [6, 6.07) is 7.48. The van der Waals surface area contributed by atoms with Crippen LogP contribution in [-0.2, 0) is 19.2 Å². The fourth-order valence-electron chi connectivity index (χ4n) is 4.34. The van der Waals surface area contributed by atoms with E-state index in [2.05, 4.69) is 16.0 Å². The van der Waals surface area contributed by atoms with Crippen molar-refractivity contribution in [3.05, 3.63) is 35.9 Å². The molecule has 3 rings (SSSR count). The molecule has 2 aliphatic heterocycles. The lowest BCUT2D eigenvalue weighted by molar-refractivity contribution is -0.137. The van der Waals surface area contributed by atoms with E-state index < -0.39 is 47.4 Å². The van der Waals surface area contributed by atoms with Crippen LogP contribution in [-0.4, -0.2) is 53.6 Å². The van der Waals surface area contributed by atoms with Crippen molar-refractivity contribution in [3.63, 3.8) is 0 Å². The third-order valence-electron chi connectivity index (χ3n) is 6.32. The molecule has 0 aromatic heterocycles. The van der Waals surface area contributed by atoms with Gasteiger partial charge in [-0.15, -0.1) is 0 Å². The van der Waals surface area contributed by atoms with Crippen LogP contribution in [0.3, 0.4) is 0 Å². The van der Waals surface area contributed by atoms with E-state index in [1.165, 1.54) is 6.92 Å². The van der Waals surface area contributed by atoms with E-state index in [0.29, 0.717) is 13.1 Å². The normalized spacial score (nSPS) is 22.1. The number of rotatable bonds is 8. The number of ketones is 1. The van der Waals surface area contributed by atoms with Gasteiger partial charge in [-0.2, -0.15) is 0 Å². The second-order valence-electron chi connectivity index (χ2n) is 9.12. The van der Waals surface area contributed by atoms with Crippen molar-refractivity contribution in [1.82, 2.24) is 20.9 Å². The molecule has 33 heavy (non-hydrogen) atoms. The van der Waals surface area contributed by atoms with Gasteiger partial charge in [0.2, 0.25) is 17.7 Å². The third kappa shape index (κ3) is 5.77. The second-order valence-corrected chi connectivity index (χ2v) is 9.12. The van der Waals surface area contributed by atoms with Crippen LogP contribution in [0.25, 0.3) is 0 Å². The molecule has 4 atom stereocenters. The monoisotopic (exact) mass is 456 g/mol. The Hall–Kier alpha value is -3.23. The molecule has 2 unspecified atom stereocenters. The zero-order chi connectivity index (χ0) is 24.1. The number of hydrogen-bond acceptors (Lipinski definition) is 5. The number of carbonyl (C=O) groups excluding carboxylic acids is 5. The molecular formula is C24H32N4O5. The number of likely N-dealkylation sites (tertiary alicyclic amines) is 1. The topological polar surface area (TPSA) is 125 Å². The Morgan fingerprint density at radius 3 is 2.21 bits per heavy atom. The molecule has 0 bridgehead atoms. The molecule has 1 aromatic carbocycles. The Morgan fingerprint density at radius 2 is 1.67 bits per heavy atom. The van der Waals surface area contributed by atoms with Gasteiger partial charge in [0.05, 0.1) is 24.4 Å². The van der Waals surface area contributed by atoms with Crippen molar-refractivity contribution in [3.8, 4) is 0 Å². The Bertz CT molecular complexity index is 911. The van der Waals surface area contributed by atoms with Crippen LogP contribution in [0.2, 0.25) is 0 Å². The average molecular weight is 457 g/mol. The van der Waals surface area contributed by atoms with Crippen LogP contribution in [0.1, 0.15) is 51.6 Å². The van der Waals surface area contributed by atoms with Gasteiger partial charge in [-0.1, -0.05) is 51.1 Å². The largest absolute Gasteiger partial charge is 0.346 e. The molecule has 3 N–H and O–H groups in total. The summed E-state index contributed by atoms with van der Waals surface area (Å²) < 4.78 is 0. The maximum atomic E-state index is 13.1. The highest BCUT2D eigenvalue weighted by Crippen LogP contribution is 2.24. The molecule has 0 radical (unpaired) electrons. The van der Waals surface area contributed by atoms with Crippen LogP contribution in [0.15, 0.2) is 30.3 Å². The summed E-state index contributed by atoms with van der Waals surface area (Å²) >= 11 is 0. The molecule has 2 saturated heterocycles. The summed E-state index contributed by atoms with van der Waals surface area (Å²) in [5.41, 5.74) is 0.780. The molecular weight excluding hydrogens is 424 g/mol. The number of Topliss-reactive ketones (excluding diaryl/α,β-unsaturated/α-hetero) is 1. The first-order valence-corrected chi connectivity index (χ1v) is 11.5. The van der Waals surface area contributed by atoms with Gasteiger partial charge >= 0.3 is 6.03 Å². The lowest BCUT2D eigenvalue weighted by atomic mass is 9.85. The van der Waals surface area contributed by atoms with Crippen LogP contribution in [0.4, 0.5) is 4.79 Å². The van der Waals surface area contributed by atoms with Gasteiger partial charge in [-0.3, -0.25) is 24.5 Å². The van der Waals surface area contributed by atoms with Gasteiger partial charge in [0.15, 0.2) is 5.78 Å². The number of amides is 5. The van der Waals surface area contributed by atoms with Gasteiger partial charge in [0, 0.05) is 13.1 Å². The lowest BCUT2D eigenvalue weighted by Gasteiger charge is -2.27. The quantitative estimate of drug-likeness (QED) is 0.404. The van der Waals surface area contributed by atoms with E-state index in [1.807, 2.05) is 30.3 Å². The standard InChI is InChI=1S/C24H32N4O5/c1-14(2)20(21(30)19-15(3)22(31)27-23(19)32)26-18(29)13-17(16-9-5-4-6-10-16)25-24(33)28-11-7-8-12-28/h4-6,9-10,14-15,17,19-20H,7-8,11-13H2,1-3H3,(H,25,33)(H,26,29)(H,27,31,32)/t15-,17?,19?,20-/m0/s1. The van der Waals surface area contributed by atoms with Gasteiger partial charge in [0.25, 0.3) is 0 Å². The van der Waals surface area contributed by atoms with E-state index in [9.17, 15) is 24.0 Å². The average Bonchev–Trinajstić information content (AvgIpc) is 3.40. The zero-order valence-corrected chi connectivity index (χ0v) is 19.3. The molecule has 0 spiro atoms. The number of imide groups is 1. The summed E-state index contributed by atoms with van der Waals surface area (Å²) in [6.07, 6.45) is 1.85. The van der Waals surface area contributed by atoms with Gasteiger partial charge in [-0.25, -0.2) is 4.79 Å². The number of nitrogens with zero attached hydrogens (tertiary/aromatic N) is 1. The minimum absolute atomic E-state index is 0.0640. The summed E-state index contributed by atoms with van der Waals surface area (Å²) in [5.74, 6) is -4.20. The summed E-state index contributed by atoms with van der Waals surface area (Å²) in [4.78, 5) is 64.4. The van der Waals surface area contributed by atoms with Crippen LogP contribution in [0.5, 0.6) is 0 Å². The van der Waals surface area contributed by atoms with Gasteiger partial charge in [-0.05, 0) is 24.3 Å². The Labute approximate surface area is 193 Å². The molecule has 0 aliphatic carbocycles. The lowest BCUT2D eigenvalue weighted by Crippen LogP contribution is -2.50. The molecule has 2 heterocycles. The molecule has 2 fully saturated rings. The zero-order valence-electron chi connectivity index (χ0n) is 19.3. The molecule has 2 aliphatic rings. The molecule has 0 saturated carbocycles. The third-order valence-corrected chi connectivity index (χ3v) is 6.32. The SMILES string of the molecule is CC(C)[C@H](NC(=O)CC(NC(=O)N1CCCC1)c1ccccc1)C(=O)C1C(=O)NC(=O)[C@H]1C. The number of hydrogen-bond donors (Lipinski definition) is 3. The highest BCUT2D eigenvalue weighted by atomic mass is 16.2. The molecule has 1 aromatic rings. The Balaban J connectivity index is 1.72. The first-order valence-electron chi connectivity index (χ1n) is 11.5.